The molecule has 0 aromatic carbocycles. The fourth-order valence-corrected chi connectivity index (χ4v) is 3.25. The Morgan fingerprint density at radius 2 is 2.11 bits per heavy atom. The predicted molar refractivity (Wildman–Crippen MR) is 85.4 cm³/mol. The molecule has 5 heteroatoms. The minimum atomic E-state index is 0. The molecule has 1 aliphatic heterocycles. The Bertz CT molecular complexity index is 400. The number of halogens is 1. The van der Waals surface area contributed by atoms with Crippen molar-refractivity contribution in [1.82, 2.24) is 15.2 Å². The minimum Gasteiger partial charge on any atom is -0.311 e. The third-order valence-corrected chi connectivity index (χ3v) is 5.20. The van der Waals surface area contributed by atoms with E-state index in [1.807, 2.05) is 11.3 Å². The van der Waals surface area contributed by atoms with Gasteiger partial charge in [0.1, 0.15) is 5.01 Å². The molecule has 1 fully saturated rings. The number of piperazine rings is 1. The molecule has 110 valence electrons. The second kappa shape index (κ2) is 6.53. The van der Waals surface area contributed by atoms with E-state index in [0.29, 0.717) is 12.1 Å². The average Bonchev–Trinajstić information content (AvgIpc) is 2.73. The standard InChI is InChI=1S/C14H25N3S.ClH/c1-10-11(2)17(7-6-15-10)9-13-16-8-12(18-13)14(3,4)5;/h8,10-11,15H,6-7,9H2,1-5H3;1H. The summed E-state index contributed by atoms with van der Waals surface area (Å²) in [6, 6.07) is 1.15. The van der Waals surface area contributed by atoms with Gasteiger partial charge in [0.15, 0.2) is 0 Å². The minimum absolute atomic E-state index is 0. The van der Waals surface area contributed by atoms with Crippen molar-refractivity contribution in [1.29, 1.82) is 0 Å². The lowest BCUT2D eigenvalue weighted by Gasteiger charge is -2.38. The van der Waals surface area contributed by atoms with Gasteiger partial charge in [-0.05, 0) is 19.3 Å². The van der Waals surface area contributed by atoms with Crippen LogP contribution in [-0.2, 0) is 12.0 Å². The maximum atomic E-state index is 4.59. The Hall–Kier alpha value is -0.160. The molecule has 0 bridgehead atoms. The lowest BCUT2D eigenvalue weighted by atomic mass is 9.96. The molecule has 3 nitrogen and oxygen atoms in total. The number of hydrogen-bond acceptors (Lipinski definition) is 4. The molecular formula is C14H26ClN3S. The number of hydrogen-bond donors (Lipinski definition) is 1. The highest BCUT2D eigenvalue weighted by molar-refractivity contribution is 7.11. The van der Waals surface area contributed by atoms with Crippen molar-refractivity contribution in [3.05, 3.63) is 16.1 Å². The Kier molecular flexibility index (Phi) is 5.80. The fraction of sp³-hybridized carbons (Fsp3) is 0.786. The van der Waals surface area contributed by atoms with Gasteiger partial charge in [0.05, 0.1) is 6.54 Å². The zero-order valence-electron chi connectivity index (χ0n) is 12.6. The number of nitrogens with zero attached hydrogens (tertiary/aromatic N) is 2. The van der Waals surface area contributed by atoms with E-state index in [2.05, 4.69) is 56.0 Å². The van der Waals surface area contributed by atoms with Crippen LogP contribution in [0.2, 0.25) is 0 Å². The van der Waals surface area contributed by atoms with E-state index >= 15 is 0 Å². The molecule has 1 aliphatic rings. The van der Waals surface area contributed by atoms with Crippen LogP contribution in [-0.4, -0.2) is 35.1 Å². The van der Waals surface area contributed by atoms with Crippen molar-refractivity contribution in [2.75, 3.05) is 13.1 Å². The van der Waals surface area contributed by atoms with E-state index in [1.165, 1.54) is 9.88 Å². The van der Waals surface area contributed by atoms with Crippen LogP contribution in [0.3, 0.4) is 0 Å². The van der Waals surface area contributed by atoms with Crippen LogP contribution in [0, 0.1) is 0 Å². The molecule has 2 atom stereocenters. The van der Waals surface area contributed by atoms with Crippen LogP contribution >= 0.6 is 23.7 Å². The predicted octanol–water partition coefficient (Wildman–Crippen LogP) is 3.04. The normalized spacial score (nSPS) is 25.1. The topological polar surface area (TPSA) is 28.2 Å². The summed E-state index contributed by atoms with van der Waals surface area (Å²) in [4.78, 5) is 8.51. The zero-order chi connectivity index (χ0) is 13.3. The van der Waals surface area contributed by atoms with E-state index in [-0.39, 0.29) is 17.8 Å². The summed E-state index contributed by atoms with van der Waals surface area (Å²) in [6.45, 7) is 14.5. The third-order valence-electron chi connectivity index (χ3n) is 3.80. The van der Waals surface area contributed by atoms with Gasteiger partial charge in [-0.3, -0.25) is 4.90 Å². The van der Waals surface area contributed by atoms with Crippen LogP contribution < -0.4 is 5.32 Å². The Balaban J connectivity index is 0.00000180. The second-order valence-corrected chi connectivity index (χ2v) is 7.44. The molecule has 0 amide bonds. The van der Waals surface area contributed by atoms with Crippen LogP contribution in [0.15, 0.2) is 6.20 Å². The molecule has 2 heterocycles. The molecule has 1 aromatic rings. The maximum Gasteiger partial charge on any atom is 0.107 e. The van der Waals surface area contributed by atoms with Crippen molar-refractivity contribution < 1.29 is 0 Å². The first-order chi connectivity index (χ1) is 8.38. The number of thiazole rings is 1. The highest BCUT2D eigenvalue weighted by Crippen LogP contribution is 2.28. The van der Waals surface area contributed by atoms with E-state index in [0.717, 1.165) is 19.6 Å². The lowest BCUT2D eigenvalue weighted by Crippen LogP contribution is -2.54. The first-order valence-electron chi connectivity index (χ1n) is 6.80. The highest BCUT2D eigenvalue weighted by Gasteiger charge is 2.25. The highest BCUT2D eigenvalue weighted by atomic mass is 35.5. The van der Waals surface area contributed by atoms with Gasteiger partial charge >= 0.3 is 0 Å². The summed E-state index contributed by atoms with van der Waals surface area (Å²) in [5.41, 5.74) is 0.221. The van der Waals surface area contributed by atoms with Gasteiger partial charge in [0, 0.05) is 36.2 Å². The van der Waals surface area contributed by atoms with Gasteiger partial charge in [-0.25, -0.2) is 4.98 Å². The van der Waals surface area contributed by atoms with Gasteiger partial charge in [0.25, 0.3) is 0 Å². The summed E-state index contributed by atoms with van der Waals surface area (Å²) >= 11 is 1.86. The van der Waals surface area contributed by atoms with Gasteiger partial charge in [-0.2, -0.15) is 0 Å². The summed E-state index contributed by atoms with van der Waals surface area (Å²) in [7, 11) is 0. The summed E-state index contributed by atoms with van der Waals surface area (Å²) < 4.78 is 0. The molecule has 0 saturated carbocycles. The van der Waals surface area contributed by atoms with Crippen molar-refractivity contribution in [2.45, 2.75) is 58.7 Å². The van der Waals surface area contributed by atoms with E-state index in [1.54, 1.807) is 0 Å². The van der Waals surface area contributed by atoms with E-state index in [4.69, 9.17) is 0 Å². The average molecular weight is 304 g/mol. The van der Waals surface area contributed by atoms with Crippen LogP contribution in [0.25, 0.3) is 0 Å². The van der Waals surface area contributed by atoms with Gasteiger partial charge in [-0.1, -0.05) is 20.8 Å². The lowest BCUT2D eigenvalue weighted by molar-refractivity contribution is 0.130. The smallest absolute Gasteiger partial charge is 0.107 e. The molecule has 2 rings (SSSR count). The van der Waals surface area contributed by atoms with Crippen LogP contribution in [0.5, 0.6) is 0 Å². The van der Waals surface area contributed by atoms with E-state index < -0.39 is 0 Å². The molecule has 1 aromatic heterocycles. The van der Waals surface area contributed by atoms with Gasteiger partial charge in [0.2, 0.25) is 0 Å². The van der Waals surface area contributed by atoms with Crippen molar-refractivity contribution in [3.63, 3.8) is 0 Å². The quantitative estimate of drug-likeness (QED) is 0.910. The fourth-order valence-electron chi connectivity index (χ4n) is 2.25. The first-order valence-corrected chi connectivity index (χ1v) is 7.62. The Morgan fingerprint density at radius 1 is 1.42 bits per heavy atom. The van der Waals surface area contributed by atoms with Crippen molar-refractivity contribution in [2.24, 2.45) is 0 Å². The molecular weight excluding hydrogens is 278 g/mol. The van der Waals surface area contributed by atoms with E-state index in [9.17, 15) is 0 Å². The molecule has 0 radical (unpaired) electrons. The van der Waals surface area contributed by atoms with Crippen molar-refractivity contribution in [3.8, 4) is 0 Å². The molecule has 2 unspecified atom stereocenters. The summed E-state index contributed by atoms with van der Waals surface area (Å²) in [6.07, 6.45) is 2.05. The first kappa shape index (κ1) is 16.9. The molecule has 0 aliphatic carbocycles. The van der Waals surface area contributed by atoms with Gasteiger partial charge < -0.3 is 5.32 Å². The summed E-state index contributed by atoms with van der Waals surface area (Å²) in [5.74, 6) is 0. The van der Waals surface area contributed by atoms with Crippen molar-refractivity contribution >= 4 is 23.7 Å². The number of aromatic nitrogens is 1. The number of rotatable bonds is 2. The largest absolute Gasteiger partial charge is 0.311 e. The molecule has 1 N–H and O–H groups in total. The molecule has 19 heavy (non-hydrogen) atoms. The van der Waals surface area contributed by atoms with Gasteiger partial charge in [-0.15, -0.1) is 23.7 Å². The zero-order valence-corrected chi connectivity index (χ0v) is 14.2. The Labute approximate surface area is 127 Å². The third kappa shape index (κ3) is 4.15. The van der Waals surface area contributed by atoms with Crippen LogP contribution in [0.1, 0.15) is 44.5 Å². The number of nitrogens with one attached hydrogen (secondary N) is 1. The SMILES string of the molecule is CC1NCCN(Cc2ncc(C(C)(C)C)s2)C1C.Cl. The molecule has 1 saturated heterocycles. The monoisotopic (exact) mass is 303 g/mol. The Morgan fingerprint density at radius 3 is 2.68 bits per heavy atom. The molecule has 0 spiro atoms. The second-order valence-electron chi connectivity index (χ2n) is 6.32. The maximum absolute atomic E-state index is 4.59. The van der Waals surface area contributed by atoms with Crippen LogP contribution in [0.4, 0.5) is 0 Å². The summed E-state index contributed by atoms with van der Waals surface area (Å²) in [5, 5.41) is 4.77.